The summed E-state index contributed by atoms with van der Waals surface area (Å²) in [5, 5.41) is 4.57. The van der Waals surface area contributed by atoms with E-state index in [0.29, 0.717) is 0 Å². The van der Waals surface area contributed by atoms with Gasteiger partial charge in [-0.25, -0.2) is 0 Å². The van der Waals surface area contributed by atoms with Crippen LogP contribution in [-0.2, 0) is 12.1 Å². The number of nitrogens with zero attached hydrogens (tertiary/aromatic N) is 1. The Bertz CT molecular complexity index is 619. The number of nitrogens with one attached hydrogen (secondary N) is 1. The number of aromatic nitrogens is 1. The van der Waals surface area contributed by atoms with Crippen LogP contribution in [0.2, 0.25) is 5.02 Å². The summed E-state index contributed by atoms with van der Waals surface area (Å²) in [6, 6.07) is 12.3. The maximum Gasteiger partial charge on any atom is 0.137 e. The van der Waals surface area contributed by atoms with E-state index in [1.807, 2.05) is 24.3 Å². The summed E-state index contributed by atoms with van der Waals surface area (Å²) < 4.78 is 5.17. The van der Waals surface area contributed by atoms with Crippen LogP contribution in [0.3, 0.4) is 0 Å². The third-order valence-corrected chi connectivity index (χ3v) is 5.00. The van der Waals surface area contributed by atoms with Crippen molar-refractivity contribution in [2.75, 3.05) is 7.11 Å². The van der Waals surface area contributed by atoms with Gasteiger partial charge in [0.1, 0.15) is 5.75 Å². The van der Waals surface area contributed by atoms with Gasteiger partial charge in [0.2, 0.25) is 0 Å². The molecule has 1 N–H and O–H groups in total. The highest BCUT2D eigenvalue weighted by atomic mass is 35.5. The third-order valence-electron chi connectivity index (χ3n) is 4.75. The quantitative estimate of drug-likeness (QED) is 0.863. The molecule has 0 unspecified atom stereocenters. The van der Waals surface area contributed by atoms with Crippen LogP contribution < -0.4 is 10.1 Å². The molecule has 1 aromatic heterocycles. The Morgan fingerprint density at radius 2 is 1.83 bits per heavy atom. The molecule has 0 atom stereocenters. The number of pyridine rings is 1. The van der Waals surface area contributed by atoms with E-state index in [-0.39, 0.29) is 5.54 Å². The predicted molar refractivity (Wildman–Crippen MR) is 93.8 cm³/mol. The Morgan fingerprint density at radius 3 is 2.43 bits per heavy atom. The minimum absolute atomic E-state index is 0.0322. The molecule has 122 valence electrons. The molecule has 0 radical (unpaired) electrons. The molecule has 2 aromatic rings. The molecule has 0 spiro atoms. The van der Waals surface area contributed by atoms with Crippen molar-refractivity contribution >= 4 is 11.6 Å². The fourth-order valence-electron chi connectivity index (χ4n) is 3.39. The van der Waals surface area contributed by atoms with E-state index < -0.39 is 0 Å². The first-order valence-corrected chi connectivity index (χ1v) is 8.60. The smallest absolute Gasteiger partial charge is 0.137 e. The summed E-state index contributed by atoms with van der Waals surface area (Å²) >= 11 is 6.06. The van der Waals surface area contributed by atoms with E-state index in [1.165, 1.54) is 24.8 Å². The van der Waals surface area contributed by atoms with Crippen molar-refractivity contribution in [3.63, 3.8) is 0 Å². The average molecular weight is 331 g/mol. The Kier molecular flexibility index (Phi) is 5.19. The van der Waals surface area contributed by atoms with Crippen molar-refractivity contribution in [1.29, 1.82) is 0 Å². The predicted octanol–water partition coefficient (Wildman–Crippen LogP) is 4.69. The van der Waals surface area contributed by atoms with Crippen molar-refractivity contribution in [1.82, 2.24) is 10.3 Å². The average Bonchev–Trinajstić information content (AvgIpc) is 2.62. The zero-order valence-corrected chi connectivity index (χ0v) is 14.3. The van der Waals surface area contributed by atoms with Crippen molar-refractivity contribution < 1.29 is 4.74 Å². The first-order chi connectivity index (χ1) is 11.2. The molecule has 0 saturated heterocycles. The molecule has 1 heterocycles. The molecule has 0 amide bonds. The molecule has 1 aliphatic carbocycles. The topological polar surface area (TPSA) is 34.1 Å². The number of halogens is 1. The SMILES string of the molecule is COc1ccc(CNC2(c3ccc(Cl)cc3)CCCCC2)nc1. The van der Waals surface area contributed by atoms with Crippen LogP contribution in [-0.4, -0.2) is 12.1 Å². The van der Waals surface area contributed by atoms with E-state index in [0.717, 1.165) is 35.9 Å². The van der Waals surface area contributed by atoms with Gasteiger partial charge in [0.05, 0.1) is 19.0 Å². The lowest BCUT2D eigenvalue weighted by Gasteiger charge is -2.39. The molecular weight excluding hydrogens is 308 g/mol. The Labute approximate surface area is 143 Å². The van der Waals surface area contributed by atoms with Gasteiger partial charge in [-0.1, -0.05) is 43.0 Å². The minimum Gasteiger partial charge on any atom is -0.495 e. The zero-order chi connectivity index (χ0) is 16.1. The molecule has 3 rings (SSSR count). The van der Waals surface area contributed by atoms with Crippen LogP contribution >= 0.6 is 11.6 Å². The van der Waals surface area contributed by atoms with Crippen molar-refractivity contribution in [3.05, 3.63) is 58.9 Å². The van der Waals surface area contributed by atoms with Crippen LogP contribution in [0.15, 0.2) is 42.6 Å². The molecular formula is C19H23ClN2O. The van der Waals surface area contributed by atoms with E-state index in [9.17, 15) is 0 Å². The van der Waals surface area contributed by atoms with Crippen molar-refractivity contribution in [2.45, 2.75) is 44.2 Å². The lowest BCUT2D eigenvalue weighted by molar-refractivity contribution is 0.230. The van der Waals surface area contributed by atoms with Crippen LogP contribution in [0.1, 0.15) is 43.4 Å². The number of benzene rings is 1. The summed E-state index contributed by atoms with van der Waals surface area (Å²) in [4.78, 5) is 4.46. The van der Waals surface area contributed by atoms with Gasteiger partial charge in [-0.3, -0.25) is 4.98 Å². The van der Waals surface area contributed by atoms with Crippen LogP contribution in [0.5, 0.6) is 5.75 Å². The lowest BCUT2D eigenvalue weighted by atomic mass is 9.76. The standard InChI is InChI=1S/C19H23ClN2O/c1-23-18-10-9-17(21-14-18)13-22-19(11-3-2-4-12-19)15-5-7-16(20)8-6-15/h5-10,14,22H,2-4,11-13H2,1H3. The first-order valence-electron chi connectivity index (χ1n) is 8.22. The van der Waals surface area contributed by atoms with Crippen LogP contribution in [0.25, 0.3) is 0 Å². The number of methoxy groups -OCH3 is 1. The maximum atomic E-state index is 6.06. The molecule has 23 heavy (non-hydrogen) atoms. The highest BCUT2D eigenvalue weighted by Gasteiger charge is 2.33. The van der Waals surface area contributed by atoms with E-state index >= 15 is 0 Å². The fraction of sp³-hybridized carbons (Fsp3) is 0.421. The number of rotatable bonds is 5. The van der Waals surface area contributed by atoms with Gasteiger partial charge >= 0.3 is 0 Å². The number of hydrogen-bond acceptors (Lipinski definition) is 3. The van der Waals surface area contributed by atoms with E-state index in [2.05, 4.69) is 22.4 Å². The Balaban J connectivity index is 1.77. The van der Waals surface area contributed by atoms with Gasteiger partial charge < -0.3 is 10.1 Å². The lowest BCUT2D eigenvalue weighted by Crippen LogP contribution is -2.43. The monoisotopic (exact) mass is 330 g/mol. The van der Waals surface area contributed by atoms with Crippen LogP contribution in [0.4, 0.5) is 0 Å². The third kappa shape index (κ3) is 3.85. The highest BCUT2D eigenvalue weighted by molar-refractivity contribution is 6.30. The summed E-state index contributed by atoms with van der Waals surface area (Å²) in [6.07, 6.45) is 7.91. The van der Waals surface area contributed by atoms with Gasteiger partial charge in [-0.2, -0.15) is 0 Å². The summed E-state index contributed by atoms with van der Waals surface area (Å²) in [5.74, 6) is 0.791. The molecule has 1 fully saturated rings. The zero-order valence-electron chi connectivity index (χ0n) is 13.5. The molecule has 4 heteroatoms. The summed E-state index contributed by atoms with van der Waals surface area (Å²) in [5.41, 5.74) is 2.39. The van der Waals surface area contributed by atoms with E-state index in [1.54, 1.807) is 13.3 Å². The second-order valence-electron chi connectivity index (χ2n) is 6.19. The van der Waals surface area contributed by atoms with Gasteiger partial charge in [0, 0.05) is 17.1 Å². The number of ether oxygens (including phenoxy) is 1. The normalized spacial score (nSPS) is 17.0. The molecule has 0 bridgehead atoms. The van der Waals surface area contributed by atoms with Crippen molar-refractivity contribution in [3.8, 4) is 5.75 Å². The molecule has 1 aliphatic rings. The Morgan fingerprint density at radius 1 is 1.09 bits per heavy atom. The van der Waals surface area contributed by atoms with E-state index in [4.69, 9.17) is 16.3 Å². The van der Waals surface area contributed by atoms with Crippen molar-refractivity contribution in [2.24, 2.45) is 0 Å². The maximum absolute atomic E-state index is 6.06. The first kappa shape index (κ1) is 16.3. The largest absolute Gasteiger partial charge is 0.495 e. The molecule has 0 aliphatic heterocycles. The number of hydrogen-bond donors (Lipinski definition) is 1. The molecule has 1 saturated carbocycles. The highest BCUT2D eigenvalue weighted by Crippen LogP contribution is 2.37. The van der Waals surface area contributed by atoms with Gasteiger partial charge in [0.25, 0.3) is 0 Å². The Hall–Kier alpha value is -1.58. The fourth-order valence-corrected chi connectivity index (χ4v) is 3.51. The molecule has 1 aromatic carbocycles. The molecule has 3 nitrogen and oxygen atoms in total. The second kappa shape index (κ2) is 7.33. The minimum atomic E-state index is 0.0322. The van der Waals surface area contributed by atoms with Gasteiger partial charge in [-0.05, 0) is 42.7 Å². The van der Waals surface area contributed by atoms with Gasteiger partial charge in [-0.15, -0.1) is 0 Å². The summed E-state index contributed by atoms with van der Waals surface area (Å²) in [7, 11) is 1.66. The summed E-state index contributed by atoms with van der Waals surface area (Å²) in [6.45, 7) is 0.757. The van der Waals surface area contributed by atoms with Gasteiger partial charge in [0.15, 0.2) is 0 Å². The second-order valence-corrected chi connectivity index (χ2v) is 6.63. The van der Waals surface area contributed by atoms with Crippen LogP contribution in [0, 0.1) is 0 Å².